The van der Waals surface area contributed by atoms with Gasteiger partial charge in [-0.25, -0.2) is 14.6 Å². The Balaban J connectivity index is 2.47. The van der Waals surface area contributed by atoms with Crippen molar-refractivity contribution in [3.05, 3.63) is 0 Å². The van der Waals surface area contributed by atoms with E-state index in [2.05, 4.69) is 59.5 Å². The SMILES string of the molecule is CC#CNc1nc2nonc2nc1NC#CC. The summed E-state index contributed by atoms with van der Waals surface area (Å²) >= 11 is 0. The minimum atomic E-state index is 0.306. The van der Waals surface area contributed by atoms with E-state index in [9.17, 15) is 0 Å². The molecule has 7 nitrogen and oxygen atoms in total. The van der Waals surface area contributed by atoms with Crippen LogP contribution >= 0.6 is 0 Å². The summed E-state index contributed by atoms with van der Waals surface area (Å²) in [5.41, 5.74) is 0.612. The van der Waals surface area contributed by atoms with Crippen LogP contribution in [0.2, 0.25) is 0 Å². The predicted octanol–water partition coefficient (Wildman–Crippen LogP) is 0.798. The number of anilines is 2. The van der Waals surface area contributed by atoms with Gasteiger partial charge in [-0.1, -0.05) is 11.8 Å². The Labute approximate surface area is 97.0 Å². The molecule has 0 unspecified atom stereocenters. The summed E-state index contributed by atoms with van der Waals surface area (Å²) in [5.74, 6) is 6.22. The average molecular weight is 228 g/mol. The Hall–Kier alpha value is -2.80. The molecule has 0 atom stereocenters. The van der Waals surface area contributed by atoms with Crippen molar-refractivity contribution in [1.82, 2.24) is 20.3 Å². The predicted molar refractivity (Wildman–Crippen MR) is 61.5 cm³/mol. The van der Waals surface area contributed by atoms with Crippen molar-refractivity contribution in [1.29, 1.82) is 0 Å². The first-order chi connectivity index (χ1) is 8.35. The van der Waals surface area contributed by atoms with E-state index in [1.165, 1.54) is 0 Å². The molecular formula is C10H8N6O. The quantitative estimate of drug-likeness (QED) is 0.580. The molecule has 2 aromatic heterocycles. The maximum Gasteiger partial charge on any atom is 0.245 e. The van der Waals surface area contributed by atoms with Gasteiger partial charge < -0.3 is 0 Å². The van der Waals surface area contributed by atoms with Gasteiger partial charge in [0.15, 0.2) is 11.6 Å². The first-order valence-corrected chi connectivity index (χ1v) is 4.71. The Morgan fingerprint density at radius 2 is 1.35 bits per heavy atom. The van der Waals surface area contributed by atoms with Crippen LogP contribution in [0.4, 0.5) is 11.6 Å². The summed E-state index contributed by atoms with van der Waals surface area (Å²) in [7, 11) is 0. The lowest BCUT2D eigenvalue weighted by atomic mass is 10.5. The minimum Gasteiger partial charge on any atom is -0.296 e. The Morgan fingerprint density at radius 3 is 1.76 bits per heavy atom. The van der Waals surface area contributed by atoms with Gasteiger partial charge in [-0.2, -0.15) is 0 Å². The van der Waals surface area contributed by atoms with Crippen LogP contribution in [-0.4, -0.2) is 20.3 Å². The molecule has 0 aliphatic rings. The molecule has 84 valence electrons. The molecule has 0 aromatic carbocycles. The van der Waals surface area contributed by atoms with E-state index >= 15 is 0 Å². The van der Waals surface area contributed by atoms with Crippen LogP contribution in [0.5, 0.6) is 0 Å². The van der Waals surface area contributed by atoms with Gasteiger partial charge >= 0.3 is 0 Å². The van der Waals surface area contributed by atoms with E-state index in [-0.39, 0.29) is 0 Å². The van der Waals surface area contributed by atoms with E-state index in [4.69, 9.17) is 0 Å². The molecule has 2 rings (SSSR count). The third kappa shape index (κ3) is 2.24. The Bertz CT molecular complexity index is 598. The smallest absolute Gasteiger partial charge is 0.245 e. The first-order valence-electron chi connectivity index (χ1n) is 4.71. The van der Waals surface area contributed by atoms with Crippen molar-refractivity contribution in [2.45, 2.75) is 13.8 Å². The number of aromatic nitrogens is 4. The molecule has 0 aliphatic heterocycles. The molecule has 0 aliphatic carbocycles. The summed E-state index contributed by atoms with van der Waals surface area (Å²) in [4.78, 5) is 8.30. The lowest BCUT2D eigenvalue weighted by molar-refractivity contribution is 0.314. The number of hydrogen-bond donors (Lipinski definition) is 2. The molecule has 0 fully saturated rings. The normalized spacial score (nSPS) is 8.82. The van der Waals surface area contributed by atoms with E-state index in [0.717, 1.165) is 0 Å². The van der Waals surface area contributed by atoms with Gasteiger partial charge in [0, 0.05) is 12.1 Å². The highest BCUT2D eigenvalue weighted by Crippen LogP contribution is 2.18. The number of nitrogens with one attached hydrogen (secondary N) is 2. The molecule has 0 radical (unpaired) electrons. The molecule has 2 aromatic rings. The fourth-order valence-electron chi connectivity index (χ4n) is 1.06. The van der Waals surface area contributed by atoms with Gasteiger partial charge in [0.2, 0.25) is 11.3 Å². The van der Waals surface area contributed by atoms with Gasteiger partial charge in [0.05, 0.1) is 0 Å². The maximum atomic E-state index is 4.53. The van der Waals surface area contributed by atoms with Crippen LogP contribution < -0.4 is 10.6 Å². The fourth-order valence-corrected chi connectivity index (χ4v) is 1.06. The van der Waals surface area contributed by atoms with E-state index < -0.39 is 0 Å². The maximum absolute atomic E-state index is 4.53. The van der Waals surface area contributed by atoms with Crippen molar-refractivity contribution in [3.63, 3.8) is 0 Å². The summed E-state index contributed by atoms with van der Waals surface area (Å²) in [5, 5.41) is 12.8. The van der Waals surface area contributed by atoms with Crippen LogP contribution in [0.1, 0.15) is 13.8 Å². The van der Waals surface area contributed by atoms with Crippen molar-refractivity contribution < 1.29 is 4.63 Å². The zero-order valence-electron chi connectivity index (χ0n) is 9.20. The van der Waals surface area contributed by atoms with E-state index in [1.807, 2.05) is 0 Å². The fraction of sp³-hybridized carbons (Fsp3) is 0.200. The number of rotatable bonds is 2. The second-order valence-electron chi connectivity index (χ2n) is 2.83. The standard InChI is InChI=1S/C10H8N6O/c1-3-5-11-7-8(12-6-4-2)14-10-9(13-7)15-17-16-10/h1-2H3,(H,11,13,15)(H,12,14,16). The van der Waals surface area contributed by atoms with Crippen molar-refractivity contribution in [3.8, 4) is 23.9 Å². The van der Waals surface area contributed by atoms with Crippen molar-refractivity contribution in [2.24, 2.45) is 0 Å². The van der Waals surface area contributed by atoms with Crippen LogP contribution in [0.3, 0.4) is 0 Å². The zero-order valence-corrected chi connectivity index (χ0v) is 9.20. The van der Waals surface area contributed by atoms with Crippen LogP contribution in [0, 0.1) is 23.9 Å². The number of fused-ring (bicyclic) bond motifs is 1. The monoisotopic (exact) mass is 228 g/mol. The Morgan fingerprint density at radius 1 is 0.882 bits per heavy atom. The van der Waals surface area contributed by atoms with Gasteiger partial charge in [-0.3, -0.25) is 10.6 Å². The second kappa shape index (κ2) is 4.81. The van der Waals surface area contributed by atoms with Gasteiger partial charge in [-0.15, -0.1) is 0 Å². The highest BCUT2D eigenvalue weighted by molar-refractivity contribution is 5.75. The van der Waals surface area contributed by atoms with Gasteiger partial charge in [-0.05, 0) is 24.2 Å². The summed E-state index contributed by atoms with van der Waals surface area (Å²) < 4.78 is 4.53. The van der Waals surface area contributed by atoms with E-state index in [1.54, 1.807) is 13.8 Å². The molecule has 7 heteroatoms. The molecule has 0 bridgehead atoms. The molecule has 0 saturated heterocycles. The molecule has 2 N–H and O–H groups in total. The molecule has 0 spiro atoms. The third-order valence-corrected chi connectivity index (χ3v) is 1.73. The first kappa shape index (κ1) is 10.7. The van der Waals surface area contributed by atoms with Crippen LogP contribution in [0.25, 0.3) is 11.3 Å². The second-order valence-corrected chi connectivity index (χ2v) is 2.83. The summed E-state index contributed by atoms with van der Waals surface area (Å²) in [6, 6.07) is 5.34. The van der Waals surface area contributed by atoms with E-state index in [0.29, 0.717) is 22.9 Å². The molecule has 0 amide bonds. The molecule has 17 heavy (non-hydrogen) atoms. The summed E-state index contributed by atoms with van der Waals surface area (Å²) in [6.07, 6.45) is 0. The van der Waals surface area contributed by atoms with Crippen molar-refractivity contribution >= 4 is 22.9 Å². The van der Waals surface area contributed by atoms with Crippen LogP contribution in [0.15, 0.2) is 4.63 Å². The topological polar surface area (TPSA) is 88.8 Å². The number of hydrogen-bond acceptors (Lipinski definition) is 7. The highest BCUT2D eigenvalue weighted by Gasteiger charge is 2.10. The summed E-state index contributed by atoms with van der Waals surface area (Å²) in [6.45, 7) is 3.41. The largest absolute Gasteiger partial charge is 0.296 e. The van der Waals surface area contributed by atoms with Gasteiger partial charge in [0.25, 0.3) is 0 Å². The number of nitrogens with zero attached hydrogens (tertiary/aromatic N) is 4. The third-order valence-electron chi connectivity index (χ3n) is 1.73. The van der Waals surface area contributed by atoms with Crippen LogP contribution in [-0.2, 0) is 0 Å². The lowest BCUT2D eigenvalue weighted by Crippen LogP contribution is -2.02. The van der Waals surface area contributed by atoms with Gasteiger partial charge in [0.1, 0.15) is 0 Å². The minimum absolute atomic E-state index is 0.306. The Kier molecular flexibility index (Phi) is 3.03. The molecular weight excluding hydrogens is 220 g/mol. The zero-order chi connectivity index (χ0) is 12.1. The lowest BCUT2D eigenvalue weighted by Gasteiger charge is -2.02. The molecule has 0 saturated carbocycles. The highest BCUT2D eigenvalue weighted by atomic mass is 16.6. The average Bonchev–Trinajstić information content (AvgIpc) is 2.80. The molecule has 2 heterocycles. The van der Waals surface area contributed by atoms with Crippen molar-refractivity contribution in [2.75, 3.05) is 10.6 Å².